The quantitative estimate of drug-likeness (QED) is 0.732. The summed E-state index contributed by atoms with van der Waals surface area (Å²) in [4.78, 5) is 6.23. The maximum absolute atomic E-state index is 5.73. The zero-order valence-electron chi connectivity index (χ0n) is 10.1. The predicted molar refractivity (Wildman–Crippen MR) is 63.9 cm³/mol. The Hall–Kier alpha value is -1.49. The fourth-order valence-electron chi connectivity index (χ4n) is 1.21. The Morgan fingerprint density at radius 1 is 1.38 bits per heavy atom. The van der Waals surface area contributed by atoms with Crippen LogP contribution in [0.15, 0.2) is 12.1 Å². The zero-order valence-corrected chi connectivity index (χ0v) is 10.1. The van der Waals surface area contributed by atoms with Crippen LogP contribution >= 0.6 is 0 Å². The molecule has 0 aromatic carbocycles. The molecule has 0 aliphatic carbocycles. The Morgan fingerprint density at radius 2 is 2.12 bits per heavy atom. The number of pyridine rings is 1. The van der Waals surface area contributed by atoms with E-state index in [2.05, 4.69) is 9.88 Å². The van der Waals surface area contributed by atoms with Gasteiger partial charge < -0.3 is 20.1 Å². The Kier molecular flexibility index (Phi) is 4.85. The van der Waals surface area contributed by atoms with Gasteiger partial charge >= 0.3 is 0 Å². The summed E-state index contributed by atoms with van der Waals surface area (Å²) in [7, 11) is 5.62. The van der Waals surface area contributed by atoms with E-state index in [1.165, 1.54) is 0 Å². The second kappa shape index (κ2) is 6.17. The second-order valence-corrected chi connectivity index (χ2v) is 3.75. The number of ether oxygens (including phenoxy) is 2. The van der Waals surface area contributed by atoms with Gasteiger partial charge in [0, 0.05) is 12.6 Å². The first-order chi connectivity index (χ1) is 7.63. The van der Waals surface area contributed by atoms with Gasteiger partial charge in [-0.15, -0.1) is 0 Å². The van der Waals surface area contributed by atoms with Crippen LogP contribution < -0.4 is 15.2 Å². The van der Waals surface area contributed by atoms with Gasteiger partial charge in [0.2, 0.25) is 11.8 Å². The van der Waals surface area contributed by atoms with Gasteiger partial charge in [0.25, 0.3) is 0 Å². The lowest BCUT2D eigenvalue weighted by Crippen LogP contribution is -2.16. The van der Waals surface area contributed by atoms with Crippen LogP contribution in [0.3, 0.4) is 0 Å². The minimum absolute atomic E-state index is 0.443. The van der Waals surface area contributed by atoms with Gasteiger partial charge in [-0.25, -0.2) is 0 Å². The second-order valence-electron chi connectivity index (χ2n) is 3.75. The van der Waals surface area contributed by atoms with Crippen molar-refractivity contribution in [2.24, 2.45) is 0 Å². The summed E-state index contributed by atoms with van der Waals surface area (Å²) in [6.07, 6.45) is 0.936. The third kappa shape index (κ3) is 3.94. The van der Waals surface area contributed by atoms with Crippen LogP contribution in [0, 0.1) is 0 Å². The molecule has 0 saturated carbocycles. The van der Waals surface area contributed by atoms with Gasteiger partial charge in [-0.3, -0.25) is 0 Å². The molecule has 90 valence electrons. The third-order valence-corrected chi connectivity index (χ3v) is 2.06. The summed E-state index contributed by atoms with van der Waals surface area (Å²) in [5.41, 5.74) is 6.27. The van der Waals surface area contributed by atoms with Crippen molar-refractivity contribution in [2.45, 2.75) is 6.42 Å². The zero-order chi connectivity index (χ0) is 12.0. The molecule has 2 N–H and O–H groups in total. The fraction of sp³-hybridized carbons (Fsp3) is 0.545. The number of hydrogen-bond acceptors (Lipinski definition) is 5. The first kappa shape index (κ1) is 12.6. The van der Waals surface area contributed by atoms with E-state index < -0.39 is 0 Å². The van der Waals surface area contributed by atoms with Gasteiger partial charge in [0.05, 0.1) is 19.4 Å². The average molecular weight is 225 g/mol. The highest BCUT2D eigenvalue weighted by Crippen LogP contribution is 2.21. The lowest BCUT2D eigenvalue weighted by Gasteiger charge is -2.11. The Bertz CT molecular complexity index is 329. The number of nitrogens with two attached hydrogens (primary N) is 1. The fourth-order valence-corrected chi connectivity index (χ4v) is 1.21. The highest BCUT2D eigenvalue weighted by atomic mass is 16.5. The molecular formula is C11H19N3O2. The van der Waals surface area contributed by atoms with Crippen molar-refractivity contribution >= 4 is 5.69 Å². The lowest BCUT2D eigenvalue weighted by atomic mass is 10.4. The molecule has 0 amide bonds. The lowest BCUT2D eigenvalue weighted by molar-refractivity contribution is 0.270. The normalized spacial score (nSPS) is 10.5. The number of methoxy groups -OCH3 is 1. The number of nitrogens with zero attached hydrogens (tertiary/aromatic N) is 2. The van der Waals surface area contributed by atoms with Crippen LogP contribution in [-0.4, -0.2) is 44.2 Å². The van der Waals surface area contributed by atoms with E-state index in [1.54, 1.807) is 19.2 Å². The van der Waals surface area contributed by atoms with Crippen LogP contribution in [0.5, 0.6) is 11.8 Å². The number of aromatic nitrogens is 1. The van der Waals surface area contributed by atoms with Crippen LogP contribution in [-0.2, 0) is 0 Å². The Morgan fingerprint density at radius 3 is 2.75 bits per heavy atom. The molecule has 1 aromatic rings. The van der Waals surface area contributed by atoms with Gasteiger partial charge in [-0.2, -0.15) is 4.98 Å². The maximum atomic E-state index is 5.73. The summed E-state index contributed by atoms with van der Waals surface area (Å²) >= 11 is 0. The molecule has 0 unspecified atom stereocenters. The first-order valence-electron chi connectivity index (χ1n) is 5.21. The van der Waals surface area contributed by atoms with Crippen molar-refractivity contribution in [3.05, 3.63) is 12.1 Å². The molecule has 5 heteroatoms. The topological polar surface area (TPSA) is 60.6 Å². The molecule has 1 rings (SSSR count). The summed E-state index contributed by atoms with van der Waals surface area (Å²) in [5.74, 6) is 0.954. The van der Waals surface area contributed by atoms with Crippen LogP contribution in [0.25, 0.3) is 0 Å². The number of rotatable bonds is 6. The molecule has 5 nitrogen and oxygen atoms in total. The molecule has 0 atom stereocenters. The van der Waals surface area contributed by atoms with E-state index in [-0.39, 0.29) is 0 Å². The van der Waals surface area contributed by atoms with Gasteiger partial charge in [0.15, 0.2) is 0 Å². The van der Waals surface area contributed by atoms with E-state index in [1.807, 2.05) is 14.1 Å². The first-order valence-corrected chi connectivity index (χ1v) is 5.21. The summed E-state index contributed by atoms with van der Waals surface area (Å²) in [6, 6.07) is 3.44. The van der Waals surface area contributed by atoms with Crippen molar-refractivity contribution in [1.29, 1.82) is 0 Å². The molecular weight excluding hydrogens is 206 g/mol. The predicted octanol–water partition coefficient (Wildman–Crippen LogP) is 1.00. The van der Waals surface area contributed by atoms with Crippen LogP contribution in [0.2, 0.25) is 0 Å². The standard InChI is InChI=1S/C11H19N3O2/c1-14(2)7-4-8-16-11-9(12)5-6-10(13-11)15-3/h5-6H,4,7-8,12H2,1-3H3. The third-order valence-electron chi connectivity index (χ3n) is 2.06. The summed E-state index contributed by atoms with van der Waals surface area (Å²) < 4.78 is 10.5. The van der Waals surface area contributed by atoms with E-state index in [0.29, 0.717) is 24.1 Å². The van der Waals surface area contributed by atoms with Gasteiger partial charge in [-0.05, 0) is 26.6 Å². The molecule has 0 radical (unpaired) electrons. The van der Waals surface area contributed by atoms with E-state index >= 15 is 0 Å². The number of nitrogen functional groups attached to an aromatic ring is 1. The van der Waals surface area contributed by atoms with Crippen molar-refractivity contribution in [1.82, 2.24) is 9.88 Å². The molecule has 16 heavy (non-hydrogen) atoms. The molecule has 1 aromatic heterocycles. The number of hydrogen-bond donors (Lipinski definition) is 1. The molecule has 0 aliphatic heterocycles. The largest absolute Gasteiger partial charge is 0.481 e. The summed E-state index contributed by atoms with van der Waals surface area (Å²) in [5, 5.41) is 0. The monoisotopic (exact) mass is 225 g/mol. The Balaban J connectivity index is 2.46. The molecule has 1 heterocycles. The van der Waals surface area contributed by atoms with Crippen molar-refractivity contribution < 1.29 is 9.47 Å². The van der Waals surface area contributed by atoms with Crippen molar-refractivity contribution in [3.8, 4) is 11.8 Å². The molecule has 0 fully saturated rings. The minimum atomic E-state index is 0.443. The van der Waals surface area contributed by atoms with E-state index in [0.717, 1.165) is 13.0 Å². The Labute approximate surface area is 96.2 Å². The van der Waals surface area contributed by atoms with Crippen LogP contribution in [0.1, 0.15) is 6.42 Å². The highest BCUT2D eigenvalue weighted by molar-refractivity contribution is 5.49. The average Bonchev–Trinajstić information content (AvgIpc) is 2.26. The molecule has 0 spiro atoms. The molecule has 0 bridgehead atoms. The van der Waals surface area contributed by atoms with Gasteiger partial charge in [-0.1, -0.05) is 0 Å². The smallest absolute Gasteiger partial charge is 0.240 e. The minimum Gasteiger partial charge on any atom is -0.481 e. The van der Waals surface area contributed by atoms with Crippen LogP contribution in [0.4, 0.5) is 5.69 Å². The summed E-state index contributed by atoms with van der Waals surface area (Å²) in [6.45, 7) is 1.58. The van der Waals surface area contributed by atoms with Crippen molar-refractivity contribution in [3.63, 3.8) is 0 Å². The van der Waals surface area contributed by atoms with E-state index in [9.17, 15) is 0 Å². The molecule has 0 aliphatic rings. The maximum Gasteiger partial charge on any atom is 0.240 e. The highest BCUT2D eigenvalue weighted by Gasteiger charge is 2.04. The SMILES string of the molecule is COc1ccc(N)c(OCCCN(C)C)n1. The molecule has 0 saturated heterocycles. The van der Waals surface area contributed by atoms with Crippen molar-refractivity contribution in [2.75, 3.05) is 40.1 Å². The van der Waals surface area contributed by atoms with Gasteiger partial charge in [0.1, 0.15) is 0 Å². The van der Waals surface area contributed by atoms with E-state index in [4.69, 9.17) is 15.2 Å². The number of anilines is 1.